The summed E-state index contributed by atoms with van der Waals surface area (Å²) < 4.78 is 90.0. The van der Waals surface area contributed by atoms with Gasteiger partial charge in [-0.2, -0.15) is 13.2 Å². The number of hydrogen-bond donors (Lipinski definition) is 1. The maximum atomic E-state index is 15.0. The zero-order chi connectivity index (χ0) is 43.2. The fourth-order valence-electron chi connectivity index (χ4n) is 8.23. The van der Waals surface area contributed by atoms with Crippen LogP contribution in [0.15, 0.2) is 102 Å². The van der Waals surface area contributed by atoms with Crippen molar-refractivity contribution in [1.29, 1.82) is 0 Å². The van der Waals surface area contributed by atoms with Gasteiger partial charge in [0.1, 0.15) is 0 Å². The van der Waals surface area contributed by atoms with E-state index in [0.717, 1.165) is 65.9 Å². The standard InChI is InChI=1S/C45H57F3N4O6SSi/c1-32-17-18-33(27-40(32)44(2,3)4)42(58-60(38-13-9-7-10-14-38)39-15-11-8-12-16-39)41-30-50(19-20-51-23-24-57-36(29-51)31-56-6)21-22-52(41)43(53)34-25-35(45(46,47)48)28-37(26-34)59(54,55)49-5/h7-18,25-28,36,41-42,49,60H,19-24,29-31H2,1-6H3/t36-,41+,42?/m0/s1. The van der Waals surface area contributed by atoms with Gasteiger partial charge in [-0.05, 0) is 64.6 Å². The number of methoxy groups -OCH3 is 1. The molecule has 2 aliphatic rings. The largest absolute Gasteiger partial charge is 0.416 e. The van der Waals surface area contributed by atoms with E-state index in [1.54, 1.807) is 12.0 Å². The Morgan fingerprint density at radius 2 is 1.52 bits per heavy atom. The molecule has 4 aromatic carbocycles. The lowest BCUT2D eigenvalue weighted by Crippen LogP contribution is -2.60. The molecule has 2 fully saturated rings. The number of nitrogens with one attached hydrogen (secondary N) is 1. The summed E-state index contributed by atoms with van der Waals surface area (Å²) in [5.74, 6) is -0.705. The second-order valence-corrected chi connectivity index (χ2v) is 20.9. The van der Waals surface area contributed by atoms with Crippen molar-refractivity contribution in [3.05, 3.63) is 125 Å². The summed E-state index contributed by atoms with van der Waals surface area (Å²) in [6, 6.07) is 27.9. The fraction of sp³-hybridized carbons (Fsp3) is 0.444. The van der Waals surface area contributed by atoms with Crippen molar-refractivity contribution in [1.82, 2.24) is 19.4 Å². The molecule has 15 heteroatoms. The summed E-state index contributed by atoms with van der Waals surface area (Å²) in [7, 11) is -4.09. The van der Waals surface area contributed by atoms with E-state index in [-0.39, 0.29) is 23.6 Å². The minimum Gasteiger partial charge on any atom is -0.402 e. The van der Waals surface area contributed by atoms with Crippen LogP contribution in [-0.4, -0.2) is 123 Å². The van der Waals surface area contributed by atoms with Gasteiger partial charge in [-0.3, -0.25) is 14.6 Å². The van der Waals surface area contributed by atoms with Gasteiger partial charge < -0.3 is 18.8 Å². The third-order valence-corrected chi connectivity index (χ3v) is 15.3. The number of ether oxygens (including phenoxy) is 2. The SMILES string of the molecule is CNS(=O)(=O)c1cc(C(=O)N2CCN(CCN3CCO[C@H](COC)C3)C[C@@H]2C(O[SiH](c2ccccc2)c2ccccc2)c2ccc(C)c(C(C)(C)C)c2)cc(C(F)(F)F)c1. The molecule has 2 heterocycles. The van der Waals surface area contributed by atoms with Crippen LogP contribution in [0.4, 0.5) is 13.2 Å². The van der Waals surface area contributed by atoms with Gasteiger partial charge in [-0.1, -0.05) is 99.6 Å². The molecule has 0 aliphatic carbocycles. The fourth-order valence-corrected chi connectivity index (χ4v) is 11.5. The van der Waals surface area contributed by atoms with Crippen molar-refractivity contribution in [2.45, 2.75) is 62.4 Å². The van der Waals surface area contributed by atoms with Gasteiger partial charge in [0.2, 0.25) is 19.1 Å². The Morgan fingerprint density at radius 1 is 0.883 bits per heavy atom. The summed E-state index contributed by atoms with van der Waals surface area (Å²) in [6.45, 7) is 13.4. The first-order valence-electron chi connectivity index (χ1n) is 20.4. The molecule has 10 nitrogen and oxygen atoms in total. The van der Waals surface area contributed by atoms with Crippen molar-refractivity contribution in [2.75, 3.05) is 73.2 Å². The van der Waals surface area contributed by atoms with Crippen molar-refractivity contribution in [2.24, 2.45) is 0 Å². The number of halogens is 3. The van der Waals surface area contributed by atoms with Crippen LogP contribution in [0.25, 0.3) is 0 Å². The molecule has 0 saturated carbocycles. The molecule has 60 heavy (non-hydrogen) atoms. The highest BCUT2D eigenvalue weighted by Crippen LogP contribution is 2.36. The molecule has 1 amide bonds. The van der Waals surface area contributed by atoms with E-state index in [1.807, 2.05) is 42.5 Å². The normalized spacial score (nSPS) is 19.1. The molecule has 324 valence electrons. The Morgan fingerprint density at radius 3 is 2.10 bits per heavy atom. The van der Waals surface area contributed by atoms with Crippen LogP contribution in [0.5, 0.6) is 0 Å². The number of rotatable bonds is 14. The lowest BCUT2D eigenvalue weighted by Gasteiger charge is -2.46. The number of hydrogen-bond acceptors (Lipinski definition) is 8. The number of sulfonamides is 1. The Labute approximate surface area is 354 Å². The number of morpholine rings is 1. The van der Waals surface area contributed by atoms with Gasteiger partial charge in [0, 0.05) is 58.5 Å². The summed E-state index contributed by atoms with van der Waals surface area (Å²) >= 11 is 0. The van der Waals surface area contributed by atoms with Gasteiger partial charge in [-0.15, -0.1) is 0 Å². The first kappa shape index (κ1) is 45.6. The molecule has 0 spiro atoms. The second-order valence-electron chi connectivity index (χ2n) is 16.6. The monoisotopic (exact) mass is 866 g/mol. The third-order valence-electron chi connectivity index (χ3n) is 11.4. The number of alkyl halides is 3. The van der Waals surface area contributed by atoms with Crippen molar-refractivity contribution in [3.8, 4) is 0 Å². The quantitative estimate of drug-likeness (QED) is 0.177. The number of nitrogens with zero attached hydrogens (tertiary/aromatic N) is 3. The van der Waals surface area contributed by atoms with Crippen molar-refractivity contribution >= 4 is 35.3 Å². The number of carbonyl (C=O) groups is 1. The molecule has 2 saturated heterocycles. The maximum absolute atomic E-state index is 15.0. The van der Waals surface area contributed by atoms with Crippen LogP contribution >= 0.6 is 0 Å². The molecule has 4 aromatic rings. The Bertz CT molecular complexity index is 2130. The van der Waals surface area contributed by atoms with E-state index in [1.165, 1.54) is 0 Å². The highest BCUT2D eigenvalue weighted by molar-refractivity contribution is 7.89. The van der Waals surface area contributed by atoms with Gasteiger partial charge in [0.25, 0.3) is 5.91 Å². The Hall–Kier alpha value is -3.93. The molecule has 3 atom stereocenters. The molecule has 0 bridgehead atoms. The zero-order valence-corrected chi connectivity index (χ0v) is 37.2. The average molecular weight is 867 g/mol. The zero-order valence-electron chi connectivity index (χ0n) is 35.2. The first-order chi connectivity index (χ1) is 28.5. The highest BCUT2D eigenvalue weighted by Gasteiger charge is 2.41. The highest BCUT2D eigenvalue weighted by atomic mass is 32.2. The molecule has 2 aliphatic heterocycles. The van der Waals surface area contributed by atoms with Crippen LogP contribution < -0.4 is 15.1 Å². The molecule has 0 aromatic heterocycles. The van der Waals surface area contributed by atoms with E-state index in [9.17, 15) is 26.4 Å². The average Bonchev–Trinajstić information content (AvgIpc) is 3.23. The lowest BCUT2D eigenvalue weighted by atomic mass is 9.82. The topological polar surface area (TPSA) is 101 Å². The van der Waals surface area contributed by atoms with E-state index in [0.29, 0.717) is 38.9 Å². The van der Waals surface area contributed by atoms with Crippen LogP contribution in [-0.2, 0) is 35.5 Å². The first-order valence-corrected chi connectivity index (χ1v) is 23.5. The number of aryl methyl sites for hydroxylation is 1. The van der Waals surface area contributed by atoms with Crippen LogP contribution in [0, 0.1) is 6.92 Å². The summed E-state index contributed by atoms with van der Waals surface area (Å²) in [5.41, 5.74) is 1.22. The number of amides is 1. The molecule has 1 unspecified atom stereocenters. The Balaban J connectivity index is 1.48. The van der Waals surface area contributed by atoms with Gasteiger partial charge in [0.15, 0.2) is 0 Å². The van der Waals surface area contributed by atoms with E-state index >= 15 is 0 Å². The van der Waals surface area contributed by atoms with Crippen LogP contribution in [0.1, 0.15) is 59.5 Å². The number of carbonyl (C=O) groups excluding carboxylic acids is 1. The summed E-state index contributed by atoms with van der Waals surface area (Å²) in [6.07, 6.45) is -5.67. The van der Waals surface area contributed by atoms with Crippen LogP contribution in [0.3, 0.4) is 0 Å². The van der Waals surface area contributed by atoms with Crippen LogP contribution in [0.2, 0.25) is 0 Å². The minimum absolute atomic E-state index is 0.0377. The van der Waals surface area contributed by atoms with Gasteiger partial charge >= 0.3 is 6.18 Å². The lowest BCUT2D eigenvalue weighted by molar-refractivity contribution is -0.137. The van der Waals surface area contributed by atoms with Gasteiger partial charge in [-0.25, -0.2) is 13.1 Å². The van der Waals surface area contributed by atoms with Gasteiger partial charge in [0.05, 0.1) is 41.9 Å². The second kappa shape index (κ2) is 19.4. The van der Waals surface area contributed by atoms with E-state index < -0.39 is 53.8 Å². The molecular formula is C45H57F3N4O6SSi. The molecule has 1 N–H and O–H groups in total. The van der Waals surface area contributed by atoms with E-state index in [4.69, 9.17) is 13.9 Å². The summed E-state index contributed by atoms with van der Waals surface area (Å²) in [4.78, 5) is 20.5. The maximum Gasteiger partial charge on any atom is 0.416 e. The minimum atomic E-state index is -4.91. The number of benzene rings is 4. The molecule has 6 rings (SSSR count). The molecule has 0 radical (unpaired) electrons. The van der Waals surface area contributed by atoms with Crippen molar-refractivity contribution in [3.63, 3.8) is 0 Å². The predicted molar refractivity (Wildman–Crippen MR) is 230 cm³/mol. The molecular weight excluding hydrogens is 810 g/mol. The summed E-state index contributed by atoms with van der Waals surface area (Å²) in [5, 5.41) is 2.06. The third kappa shape index (κ3) is 11.1. The Kier molecular flexibility index (Phi) is 14.7. The van der Waals surface area contributed by atoms with Crippen molar-refractivity contribution < 1.29 is 40.3 Å². The van der Waals surface area contributed by atoms with E-state index in [2.05, 4.69) is 78.6 Å². The predicted octanol–water partition coefficient (Wildman–Crippen LogP) is 4.99. The smallest absolute Gasteiger partial charge is 0.402 e. The number of piperazine rings is 1.